The highest BCUT2D eigenvalue weighted by atomic mass is 35.5. The van der Waals surface area contributed by atoms with Crippen molar-refractivity contribution < 1.29 is 9.52 Å². The second kappa shape index (κ2) is 4.82. The van der Waals surface area contributed by atoms with E-state index in [0.717, 1.165) is 12.2 Å². The molecule has 0 aliphatic carbocycles. The lowest BCUT2D eigenvalue weighted by molar-refractivity contribution is 0.166. The molecular formula is C10H16ClNO2. The van der Waals surface area contributed by atoms with Gasteiger partial charge in [-0.3, -0.25) is 0 Å². The molecule has 0 bridgehead atoms. The molecule has 0 aliphatic rings. The molecule has 0 fully saturated rings. The lowest BCUT2D eigenvalue weighted by Gasteiger charge is -2.26. The average Bonchev–Trinajstić information content (AvgIpc) is 2.61. The van der Waals surface area contributed by atoms with Crippen LogP contribution in [0.3, 0.4) is 0 Å². The Kier molecular flexibility index (Phi) is 3.98. The van der Waals surface area contributed by atoms with E-state index in [9.17, 15) is 0 Å². The fraction of sp³-hybridized carbons (Fsp3) is 0.600. The highest BCUT2D eigenvalue weighted by Crippen LogP contribution is 2.15. The monoisotopic (exact) mass is 217 g/mol. The maximum Gasteiger partial charge on any atom is 0.193 e. The van der Waals surface area contributed by atoms with Crippen molar-refractivity contribution in [2.75, 3.05) is 6.61 Å². The van der Waals surface area contributed by atoms with Crippen molar-refractivity contribution in [1.29, 1.82) is 0 Å². The van der Waals surface area contributed by atoms with Crippen molar-refractivity contribution in [2.24, 2.45) is 0 Å². The van der Waals surface area contributed by atoms with Crippen molar-refractivity contribution in [3.63, 3.8) is 0 Å². The second-order valence-electron chi connectivity index (χ2n) is 3.63. The number of furan rings is 1. The first-order valence-corrected chi connectivity index (χ1v) is 5.07. The lowest BCUT2D eigenvalue weighted by atomic mass is 10.0. The molecule has 1 aromatic rings. The zero-order valence-electron chi connectivity index (χ0n) is 8.51. The molecular weight excluding hydrogens is 202 g/mol. The molecule has 1 atom stereocenters. The summed E-state index contributed by atoms with van der Waals surface area (Å²) >= 11 is 5.63. The van der Waals surface area contributed by atoms with Gasteiger partial charge in [-0.15, -0.1) is 0 Å². The van der Waals surface area contributed by atoms with Crippen molar-refractivity contribution in [3.8, 4) is 0 Å². The standard InChI is InChI=1S/C10H16ClNO2/c1-3-10(2,7-13)12-6-8-4-5-9(11)14-8/h4-5,12-13H,3,6-7H2,1-2H3. The van der Waals surface area contributed by atoms with Crippen LogP contribution in [0.5, 0.6) is 0 Å². The molecule has 0 aliphatic heterocycles. The summed E-state index contributed by atoms with van der Waals surface area (Å²) in [5.41, 5.74) is -0.251. The molecule has 3 nitrogen and oxygen atoms in total. The van der Waals surface area contributed by atoms with Gasteiger partial charge in [0, 0.05) is 5.54 Å². The van der Waals surface area contributed by atoms with Crippen molar-refractivity contribution in [3.05, 3.63) is 23.1 Å². The maximum atomic E-state index is 9.15. The van der Waals surface area contributed by atoms with Gasteiger partial charge < -0.3 is 14.8 Å². The second-order valence-corrected chi connectivity index (χ2v) is 4.00. The first-order chi connectivity index (χ1) is 6.59. The molecule has 0 amide bonds. The van der Waals surface area contributed by atoms with Crippen molar-refractivity contribution >= 4 is 11.6 Å². The summed E-state index contributed by atoms with van der Waals surface area (Å²) in [5.74, 6) is 0.781. The van der Waals surface area contributed by atoms with Crippen LogP contribution in [0.2, 0.25) is 5.22 Å². The SMILES string of the molecule is CCC(C)(CO)NCc1ccc(Cl)o1. The predicted octanol–water partition coefficient (Wildman–Crippen LogP) is 2.18. The van der Waals surface area contributed by atoms with Crippen LogP contribution in [0.15, 0.2) is 16.5 Å². The number of halogens is 1. The highest BCUT2D eigenvalue weighted by molar-refractivity contribution is 6.28. The van der Waals surface area contributed by atoms with Crippen LogP contribution in [-0.2, 0) is 6.54 Å². The van der Waals surface area contributed by atoms with E-state index in [0.29, 0.717) is 11.8 Å². The van der Waals surface area contributed by atoms with Crippen LogP contribution in [0.25, 0.3) is 0 Å². The van der Waals surface area contributed by atoms with E-state index in [-0.39, 0.29) is 12.1 Å². The lowest BCUT2D eigenvalue weighted by Crippen LogP contribution is -2.44. The molecule has 1 aromatic heterocycles. The number of hydrogen-bond acceptors (Lipinski definition) is 3. The molecule has 1 heterocycles. The number of aliphatic hydroxyl groups excluding tert-OH is 1. The van der Waals surface area contributed by atoms with Gasteiger partial charge >= 0.3 is 0 Å². The molecule has 1 rings (SSSR count). The number of aliphatic hydroxyl groups is 1. The molecule has 0 saturated heterocycles. The Labute approximate surface area is 89.1 Å². The Morgan fingerprint density at radius 1 is 1.57 bits per heavy atom. The van der Waals surface area contributed by atoms with Gasteiger partial charge in [0.15, 0.2) is 5.22 Å². The largest absolute Gasteiger partial charge is 0.448 e. The minimum absolute atomic E-state index is 0.109. The van der Waals surface area contributed by atoms with Crippen molar-refractivity contribution in [2.45, 2.75) is 32.4 Å². The summed E-state index contributed by atoms with van der Waals surface area (Å²) in [6.45, 7) is 4.69. The molecule has 0 radical (unpaired) electrons. The van der Waals surface area contributed by atoms with Crippen molar-refractivity contribution in [1.82, 2.24) is 5.32 Å². The van der Waals surface area contributed by atoms with Crippen LogP contribution in [0, 0.1) is 0 Å². The maximum absolute atomic E-state index is 9.15. The predicted molar refractivity (Wildman–Crippen MR) is 56.3 cm³/mol. The minimum atomic E-state index is -0.251. The van der Waals surface area contributed by atoms with Gasteiger partial charge in [-0.2, -0.15) is 0 Å². The first kappa shape index (κ1) is 11.6. The summed E-state index contributed by atoms with van der Waals surface area (Å²) in [6.07, 6.45) is 0.859. The quantitative estimate of drug-likeness (QED) is 0.795. The van der Waals surface area contributed by atoms with E-state index < -0.39 is 0 Å². The molecule has 0 saturated carbocycles. The molecule has 4 heteroatoms. The third kappa shape index (κ3) is 3.01. The summed E-state index contributed by atoms with van der Waals surface area (Å²) < 4.78 is 5.19. The summed E-state index contributed by atoms with van der Waals surface area (Å²) in [4.78, 5) is 0. The number of hydrogen-bond donors (Lipinski definition) is 2. The van der Waals surface area contributed by atoms with Gasteiger partial charge in [-0.05, 0) is 37.1 Å². The van der Waals surface area contributed by atoms with E-state index in [1.165, 1.54) is 0 Å². The van der Waals surface area contributed by atoms with E-state index >= 15 is 0 Å². The van der Waals surface area contributed by atoms with Crippen LogP contribution >= 0.6 is 11.6 Å². The van der Waals surface area contributed by atoms with Gasteiger partial charge in [0.25, 0.3) is 0 Å². The van der Waals surface area contributed by atoms with E-state index in [1.54, 1.807) is 6.07 Å². The zero-order valence-corrected chi connectivity index (χ0v) is 9.27. The summed E-state index contributed by atoms with van der Waals surface area (Å²) in [6, 6.07) is 3.53. The van der Waals surface area contributed by atoms with Gasteiger partial charge in [-0.25, -0.2) is 0 Å². The topological polar surface area (TPSA) is 45.4 Å². The van der Waals surface area contributed by atoms with E-state index in [4.69, 9.17) is 21.1 Å². The molecule has 0 aromatic carbocycles. The number of rotatable bonds is 5. The molecule has 80 valence electrons. The van der Waals surface area contributed by atoms with Crippen LogP contribution in [0.4, 0.5) is 0 Å². The zero-order chi connectivity index (χ0) is 10.6. The normalized spacial score (nSPS) is 15.4. The Morgan fingerprint density at radius 2 is 2.29 bits per heavy atom. The Morgan fingerprint density at radius 3 is 2.71 bits per heavy atom. The summed E-state index contributed by atoms with van der Waals surface area (Å²) in [7, 11) is 0. The van der Waals surface area contributed by atoms with Crippen LogP contribution < -0.4 is 5.32 Å². The third-order valence-electron chi connectivity index (χ3n) is 2.45. The van der Waals surface area contributed by atoms with Gasteiger partial charge in [0.2, 0.25) is 0 Å². The minimum Gasteiger partial charge on any atom is -0.448 e. The van der Waals surface area contributed by atoms with E-state index in [2.05, 4.69) is 5.32 Å². The number of nitrogens with one attached hydrogen (secondary N) is 1. The summed E-state index contributed by atoms with van der Waals surface area (Å²) in [5, 5.41) is 12.8. The first-order valence-electron chi connectivity index (χ1n) is 4.70. The molecule has 2 N–H and O–H groups in total. The Hall–Kier alpha value is -0.510. The molecule has 1 unspecified atom stereocenters. The van der Waals surface area contributed by atoms with Gasteiger partial charge in [0.05, 0.1) is 13.2 Å². The average molecular weight is 218 g/mol. The fourth-order valence-electron chi connectivity index (χ4n) is 1.04. The molecule has 14 heavy (non-hydrogen) atoms. The van der Waals surface area contributed by atoms with Gasteiger partial charge in [-0.1, -0.05) is 6.92 Å². The Balaban J connectivity index is 2.47. The smallest absolute Gasteiger partial charge is 0.193 e. The van der Waals surface area contributed by atoms with Crippen LogP contribution in [-0.4, -0.2) is 17.3 Å². The third-order valence-corrected chi connectivity index (χ3v) is 2.65. The van der Waals surface area contributed by atoms with E-state index in [1.807, 2.05) is 19.9 Å². The van der Waals surface area contributed by atoms with Gasteiger partial charge in [0.1, 0.15) is 5.76 Å². The van der Waals surface area contributed by atoms with Crippen LogP contribution in [0.1, 0.15) is 26.0 Å². The fourth-order valence-corrected chi connectivity index (χ4v) is 1.20. The Bertz CT molecular complexity index is 281. The molecule has 0 spiro atoms. The highest BCUT2D eigenvalue weighted by Gasteiger charge is 2.20.